The third-order valence-electron chi connectivity index (χ3n) is 5.54. The van der Waals surface area contributed by atoms with Crippen molar-refractivity contribution in [2.24, 2.45) is 0 Å². The lowest BCUT2D eigenvalue weighted by Crippen LogP contribution is -2.37. The third-order valence-corrected chi connectivity index (χ3v) is 6.73. The van der Waals surface area contributed by atoms with Crippen LogP contribution < -0.4 is 4.90 Å². The van der Waals surface area contributed by atoms with Crippen molar-refractivity contribution in [3.8, 4) is 0 Å². The summed E-state index contributed by atoms with van der Waals surface area (Å²) in [5.41, 5.74) is 1.41. The molecule has 8 heteroatoms. The van der Waals surface area contributed by atoms with Gasteiger partial charge in [-0.25, -0.2) is 9.97 Å². The van der Waals surface area contributed by atoms with Crippen LogP contribution >= 0.6 is 11.3 Å². The van der Waals surface area contributed by atoms with Gasteiger partial charge in [0.15, 0.2) is 0 Å². The van der Waals surface area contributed by atoms with E-state index in [2.05, 4.69) is 4.90 Å². The fourth-order valence-electron chi connectivity index (χ4n) is 3.91. The summed E-state index contributed by atoms with van der Waals surface area (Å²) in [6, 6.07) is 0. The lowest BCUT2D eigenvalue weighted by Gasteiger charge is -2.26. The number of hydrogen-bond acceptors (Lipinski definition) is 7. The van der Waals surface area contributed by atoms with Crippen LogP contribution in [-0.2, 0) is 28.9 Å². The number of likely N-dealkylation sites (N-methyl/N-ethyl adjacent to an activating group) is 2. The van der Waals surface area contributed by atoms with Crippen molar-refractivity contribution < 1.29 is 9.53 Å². The van der Waals surface area contributed by atoms with Crippen molar-refractivity contribution >= 4 is 33.3 Å². The van der Waals surface area contributed by atoms with Gasteiger partial charge >= 0.3 is 0 Å². The first-order valence-corrected chi connectivity index (χ1v) is 10.9. The van der Waals surface area contributed by atoms with Crippen molar-refractivity contribution in [1.82, 2.24) is 19.8 Å². The Bertz CT molecular complexity index is 860. The lowest BCUT2D eigenvalue weighted by atomic mass is 9.97. The Kier molecular flexibility index (Phi) is 5.80. The van der Waals surface area contributed by atoms with Crippen LogP contribution in [0.3, 0.4) is 0 Å². The Morgan fingerprint density at radius 1 is 1.14 bits per heavy atom. The molecule has 0 atom stereocenters. The van der Waals surface area contributed by atoms with Gasteiger partial charge in [-0.1, -0.05) is 0 Å². The fraction of sp³-hybridized carbons (Fsp3) is 0.650. The number of fused-ring (bicyclic) bond motifs is 3. The standard InChI is InChI=1S/C20H29N5O2S/c1-23(2)17(26)13-24(3)19-18-14-6-4-5-7-15(14)28-20(18)22-16(21-19)12-25-8-10-27-11-9-25/h4-13H2,1-3H3. The second-order valence-electron chi connectivity index (χ2n) is 7.89. The van der Waals surface area contributed by atoms with Crippen molar-refractivity contribution in [3.05, 3.63) is 16.3 Å². The molecule has 7 nitrogen and oxygen atoms in total. The zero-order valence-electron chi connectivity index (χ0n) is 17.0. The van der Waals surface area contributed by atoms with Crippen LogP contribution in [0.4, 0.5) is 5.82 Å². The molecule has 1 fully saturated rings. The van der Waals surface area contributed by atoms with E-state index in [-0.39, 0.29) is 5.91 Å². The van der Waals surface area contributed by atoms with E-state index in [0.717, 1.165) is 62.2 Å². The molecule has 28 heavy (non-hydrogen) atoms. The number of anilines is 1. The van der Waals surface area contributed by atoms with Crippen molar-refractivity contribution in [2.45, 2.75) is 32.2 Å². The Labute approximate surface area is 170 Å². The maximum absolute atomic E-state index is 12.3. The molecule has 4 rings (SSSR count). The Balaban J connectivity index is 1.72. The number of ether oxygens (including phenoxy) is 1. The molecule has 0 N–H and O–H groups in total. The van der Waals surface area contributed by atoms with Crippen LogP contribution in [-0.4, -0.2) is 79.7 Å². The molecule has 2 aromatic rings. The molecule has 0 radical (unpaired) electrons. The number of thiophene rings is 1. The maximum Gasteiger partial charge on any atom is 0.241 e. The predicted octanol–water partition coefficient (Wildman–Crippen LogP) is 1.93. The van der Waals surface area contributed by atoms with Gasteiger partial charge < -0.3 is 14.5 Å². The van der Waals surface area contributed by atoms with Crippen molar-refractivity contribution in [2.75, 3.05) is 58.9 Å². The number of morpholine rings is 1. The molecule has 1 saturated heterocycles. The monoisotopic (exact) mass is 403 g/mol. The number of aromatic nitrogens is 2. The second-order valence-corrected chi connectivity index (χ2v) is 8.97. The molecule has 0 aromatic carbocycles. The molecule has 1 aliphatic carbocycles. The van der Waals surface area contributed by atoms with Gasteiger partial charge in [-0.2, -0.15) is 0 Å². The van der Waals surface area contributed by atoms with Gasteiger partial charge in [0.05, 0.1) is 31.7 Å². The fourth-order valence-corrected chi connectivity index (χ4v) is 5.18. The number of carbonyl (C=O) groups excluding carboxylic acids is 1. The molecule has 1 amide bonds. The van der Waals surface area contributed by atoms with Crippen LogP contribution in [0.25, 0.3) is 10.2 Å². The van der Waals surface area contributed by atoms with E-state index in [4.69, 9.17) is 14.7 Å². The van der Waals surface area contributed by atoms with Gasteiger partial charge in [0.25, 0.3) is 0 Å². The zero-order valence-corrected chi connectivity index (χ0v) is 17.8. The first-order valence-electron chi connectivity index (χ1n) is 10.1. The first-order chi connectivity index (χ1) is 13.5. The van der Waals surface area contributed by atoms with Gasteiger partial charge in [0, 0.05) is 39.1 Å². The van der Waals surface area contributed by atoms with E-state index < -0.39 is 0 Å². The van der Waals surface area contributed by atoms with Crippen molar-refractivity contribution in [3.63, 3.8) is 0 Å². The zero-order chi connectivity index (χ0) is 19.7. The van der Waals surface area contributed by atoms with Crippen LogP contribution in [0.2, 0.25) is 0 Å². The van der Waals surface area contributed by atoms with E-state index >= 15 is 0 Å². The molecule has 0 saturated carbocycles. The van der Waals surface area contributed by atoms with Gasteiger partial charge in [-0.3, -0.25) is 9.69 Å². The SMILES string of the molecule is CN(C)C(=O)CN(C)c1nc(CN2CCOCC2)nc2sc3c(c12)CCCC3. The number of hydrogen-bond donors (Lipinski definition) is 0. The molecular weight excluding hydrogens is 374 g/mol. The molecular formula is C20H29N5O2S. The summed E-state index contributed by atoms with van der Waals surface area (Å²) >= 11 is 1.82. The summed E-state index contributed by atoms with van der Waals surface area (Å²) in [5, 5.41) is 1.17. The van der Waals surface area contributed by atoms with Crippen LogP contribution in [0.1, 0.15) is 29.1 Å². The van der Waals surface area contributed by atoms with E-state index in [1.165, 1.54) is 28.7 Å². The summed E-state index contributed by atoms with van der Waals surface area (Å²) in [5.74, 6) is 1.82. The Hall–Kier alpha value is -1.77. The highest BCUT2D eigenvalue weighted by Gasteiger charge is 2.24. The van der Waals surface area contributed by atoms with Gasteiger partial charge in [0.1, 0.15) is 16.5 Å². The van der Waals surface area contributed by atoms with E-state index in [9.17, 15) is 4.79 Å². The molecule has 2 aliphatic rings. The van der Waals surface area contributed by atoms with Crippen molar-refractivity contribution in [1.29, 1.82) is 0 Å². The normalized spacial score (nSPS) is 17.5. The van der Waals surface area contributed by atoms with Gasteiger partial charge in [-0.15, -0.1) is 11.3 Å². The minimum atomic E-state index is 0.0769. The van der Waals surface area contributed by atoms with E-state index in [1.807, 2.05) is 23.3 Å². The lowest BCUT2D eigenvalue weighted by molar-refractivity contribution is -0.127. The van der Waals surface area contributed by atoms with Crippen LogP contribution in [0, 0.1) is 0 Å². The average molecular weight is 404 g/mol. The summed E-state index contributed by atoms with van der Waals surface area (Å²) in [7, 11) is 5.55. The largest absolute Gasteiger partial charge is 0.379 e. The van der Waals surface area contributed by atoms with Gasteiger partial charge in [-0.05, 0) is 31.2 Å². The maximum atomic E-state index is 12.3. The summed E-state index contributed by atoms with van der Waals surface area (Å²) in [6.45, 7) is 4.39. The van der Waals surface area contributed by atoms with Gasteiger partial charge in [0.2, 0.25) is 5.91 Å². The quantitative estimate of drug-likeness (QED) is 0.760. The number of nitrogens with zero attached hydrogens (tertiary/aromatic N) is 5. The average Bonchev–Trinajstić information content (AvgIpc) is 3.06. The highest BCUT2D eigenvalue weighted by Crippen LogP contribution is 2.39. The third kappa shape index (κ3) is 3.99. The highest BCUT2D eigenvalue weighted by atomic mass is 32.1. The molecule has 1 aliphatic heterocycles. The predicted molar refractivity (Wildman–Crippen MR) is 112 cm³/mol. The van der Waals surface area contributed by atoms with E-state index in [0.29, 0.717) is 6.54 Å². The number of aryl methyl sites for hydroxylation is 2. The Morgan fingerprint density at radius 2 is 1.89 bits per heavy atom. The molecule has 3 heterocycles. The second kappa shape index (κ2) is 8.31. The smallest absolute Gasteiger partial charge is 0.241 e. The summed E-state index contributed by atoms with van der Waals surface area (Å²) in [6.07, 6.45) is 4.69. The summed E-state index contributed by atoms with van der Waals surface area (Å²) < 4.78 is 5.46. The molecule has 0 bridgehead atoms. The Morgan fingerprint density at radius 3 is 2.64 bits per heavy atom. The minimum absolute atomic E-state index is 0.0769. The van der Waals surface area contributed by atoms with Crippen LogP contribution in [0.15, 0.2) is 0 Å². The summed E-state index contributed by atoms with van der Waals surface area (Å²) in [4.78, 5) is 30.7. The molecule has 2 aromatic heterocycles. The number of amides is 1. The molecule has 0 unspecified atom stereocenters. The number of carbonyl (C=O) groups is 1. The first kappa shape index (κ1) is 19.5. The molecule has 0 spiro atoms. The highest BCUT2D eigenvalue weighted by molar-refractivity contribution is 7.19. The van der Waals surface area contributed by atoms with E-state index in [1.54, 1.807) is 19.0 Å². The molecule has 152 valence electrons. The number of rotatable bonds is 5. The minimum Gasteiger partial charge on any atom is -0.379 e. The topological polar surface area (TPSA) is 61.8 Å². The van der Waals surface area contributed by atoms with Crippen LogP contribution in [0.5, 0.6) is 0 Å².